The Morgan fingerprint density at radius 3 is 2.22 bits per heavy atom. The van der Waals surface area contributed by atoms with Crippen molar-refractivity contribution >= 4 is 15.7 Å². The topological polar surface area (TPSA) is 83.5 Å². The van der Waals surface area contributed by atoms with Crippen LogP contribution in [0.1, 0.15) is 28.9 Å². The Morgan fingerprint density at radius 1 is 1.09 bits per heavy atom. The van der Waals surface area contributed by atoms with Gasteiger partial charge in [0.2, 0.25) is 0 Å². The smallest absolute Gasteiger partial charge is 0.251 e. The number of hydrogen-bond donors (Lipinski definition) is 2. The van der Waals surface area contributed by atoms with Crippen LogP contribution in [0.5, 0.6) is 0 Å². The van der Waals surface area contributed by atoms with Crippen molar-refractivity contribution in [1.29, 1.82) is 0 Å². The average molecular weight is 333 g/mol. The number of benzene rings is 2. The summed E-state index contributed by atoms with van der Waals surface area (Å²) in [6.45, 7) is 1.30. The molecule has 6 heteroatoms. The van der Waals surface area contributed by atoms with Gasteiger partial charge in [0, 0.05) is 5.56 Å². The second-order valence-electron chi connectivity index (χ2n) is 5.05. The normalized spacial score (nSPS) is 12.6. The van der Waals surface area contributed by atoms with Crippen LogP contribution in [0.2, 0.25) is 0 Å². The molecule has 0 unspecified atom stereocenters. The van der Waals surface area contributed by atoms with E-state index in [1.807, 2.05) is 6.07 Å². The van der Waals surface area contributed by atoms with Crippen LogP contribution in [0, 0.1) is 0 Å². The van der Waals surface area contributed by atoms with Crippen molar-refractivity contribution < 1.29 is 18.3 Å². The van der Waals surface area contributed by atoms with Gasteiger partial charge in [-0.05, 0) is 29.8 Å². The standard InChI is InChI=1S/C17H19NO4S/c1-2-23(21,22)15-10-8-13(9-11-15)16(12-19)18-17(20)14-6-4-3-5-7-14/h3-11,16,19H,2,12H2,1H3,(H,18,20)/t16-/m1/s1. The molecule has 0 aliphatic carbocycles. The van der Waals surface area contributed by atoms with Crippen molar-refractivity contribution in [3.05, 3.63) is 65.7 Å². The van der Waals surface area contributed by atoms with Crippen LogP contribution >= 0.6 is 0 Å². The number of aliphatic hydroxyl groups excluding tert-OH is 1. The van der Waals surface area contributed by atoms with Gasteiger partial charge in [0.25, 0.3) is 5.91 Å². The van der Waals surface area contributed by atoms with Crippen LogP contribution in [0.3, 0.4) is 0 Å². The lowest BCUT2D eigenvalue weighted by Crippen LogP contribution is -2.30. The van der Waals surface area contributed by atoms with E-state index < -0.39 is 15.9 Å². The van der Waals surface area contributed by atoms with Gasteiger partial charge >= 0.3 is 0 Å². The zero-order valence-electron chi connectivity index (χ0n) is 12.8. The second-order valence-corrected chi connectivity index (χ2v) is 7.33. The molecule has 2 aromatic carbocycles. The summed E-state index contributed by atoms with van der Waals surface area (Å²) in [6, 6.07) is 14.3. The summed E-state index contributed by atoms with van der Waals surface area (Å²) < 4.78 is 23.6. The van der Waals surface area contributed by atoms with Crippen molar-refractivity contribution in [1.82, 2.24) is 5.32 Å². The molecule has 2 rings (SSSR count). The minimum absolute atomic E-state index is 0.0283. The maximum Gasteiger partial charge on any atom is 0.251 e. The monoisotopic (exact) mass is 333 g/mol. The van der Waals surface area contributed by atoms with Crippen molar-refractivity contribution in [3.8, 4) is 0 Å². The quantitative estimate of drug-likeness (QED) is 0.846. The fourth-order valence-electron chi connectivity index (χ4n) is 2.14. The SMILES string of the molecule is CCS(=O)(=O)c1ccc([C@@H](CO)NC(=O)c2ccccc2)cc1. The van der Waals surface area contributed by atoms with Crippen LogP contribution < -0.4 is 5.32 Å². The first-order valence-corrected chi connectivity index (χ1v) is 8.92. The van der Waals surface area contributed by atoms with Crippen molar-refractivity contribution in [2.75, 3.05) is 12.4 Å². The van der Waals surface area contributed by atoms with Crippen molar-refractivity contribution in [3.63, 3.8) is 0 Å². The van der Waals surface area contributed by atoms with E-state index in [9.17, 15) is 18.3 Å². The first-order chi connectivity index (χ1) is 11.0. The van der Waals surface area contributed by atoms with E-state index in [1.165, 1.54) is 12.1 Å². The largest absolute Gasteiger partial charge is 0.394 e. The second kappa shape index (κ2) is 7.39. The maximum absolute atomic E-state index is 12.1. The number of sulfone groups is 1. The lowest BCUT2D eigenvalue weighted by molar-refractivity contribution is 0.0916. The van der Waals surface area contributed by atoms with Gasteiger partial charge in [0.05, 0.1) is 23.3 Å². The summed E-state index contributed by atoms with van der Waals surface area (Å²) in [5.74, 6) is -0.268. The molecule has 1 amide bonds. The lowest BCUT2D eigenvalue weighted by Gasteiger charge is -2.17. The molecule has 5 nitrogen and oxygen atoms in total. The van der Waals surface area contributed by atoms with Crippen LogP contribution in [0.15, 0.2) is 59.5 Å². The Bertz CT molecular complexity index is 755. The van der Waals surface area contributed by atoms with E-state index in [2.05, 4.69) is 5.32 Å². The Morgan fingerprint density at radius 2 is 1.70 bits per heavy atom. The zero-order valence-corrected chi connectivity index (χ0v) is 13.6. The highest BCUT2D eigenvalue weighted by atomic mass is 32.2. The summed E-state index contributed by atoms with van der Waals surface area (Å²) >= 11 is 0. The van der Waals surface area contributed by atoms with Crippen LogP contribution in [-0.2, 0) is 9.84 Å². The highest BCUT2D eigenvalue weighted by Gasteiger charge is 2.16. The third kappa shape index (κ3) is 4.18. The number of nitrogens with one attached hydrogen (secondary N) is 1. The van der Waals surface area contributed by atoms with E-state index in [0.29, 0.717) is 11.1 Å². The predicted octanol–water partition coefficient (Wildman–Crippen LogP) is 1.94. The van der Waals surface area contributed by atoms with Crippen molar-refractivity contribution in [2.45, 2.75) is 17.9 Å². The molecule has 0 bridgehead atoms. The molecule has 23 heavy (non-hydrogen) atoms. The fourth-order valence-corrected chi connectivity index (χ4v) is 3.02. The lowest BCUT2D eigenvalue weighted by atomic mass is 10.1. The molecule has 0 aromatic heterocycles. The molecule has 0 saturated heterocycles. The molecule has 0 aliphatic rings. The summed E-state index contributed by atoms with van der Waals surface area (Å²) in [4.78, 5) is 12.4. The number of amides is 1. The molecule has 122 valence electrons. The Hall–Kier alpha value is -2.18. The predicted molar refractivity (Wildman–Crippen MR) is 87.9 cm³/mol. The van der Waals surface area contributed by atoms with Gasteiger partial charge in [-0.15, -0.1) is 0 Å². The Balaban J connectivity index is 2.17. The number of hydrogen-bond acceptors (Lipinski definition) is 4. The van der Waals surface area contributed by atoms with Crippen molar-refractivity contribution in [2.24, 2.45) is 0 Å². The Kier molecular flexibility index (Phi) is 5.52. The van der Waals surface area contributed by atoms with E-state index in [-0.39, 0.29) is 23.2 Å². The molecule has 0 aliphatic heterocycles. The third-order valence-electron chi connectivity index (χ3n) is 3.55. The number of carbonyl (C=O) groups is 1. The highest BCUT2D eigenvalue weighted by molar-refractivity contribution is 7.91. The van der Waals surface area contributed by atoms with Gasteiger partial charge in [0.1, 0.15) is 0 Å². The average Bonchev–Trinajstić information content (AvgIpc) is 2.60. The zero-order chi connectivity index (χ0) is 16.9. The number of aliphatic hydroxyl groups is 1. The van der Waals surface area contributed by atoms with Gasteiger partial charge in [-0.25, -0.2) is 8.42 Å². The van der Waals surface area contributed by atoms with E-state index in [0.717, 1.165) is 0 Å². The molecular weight excluding hydrogens is 314 g/mol. The molecule has 0 saturated carbocycles. The molecular formula is C17H19NO4S. The van der Waals surface area contributed by atoms with Gasteiger partial charge in [-0.2, -0.15) is 0 Å². The van der Waals surface area contributed by atoms with E-state index in [4.69, 9.17) is 0 Å². The van der Waals surface area contributed by atoms with Gasteiger partial charge in [-0.3, -0.25) is 4.79 Å². The minimum Gasteiger partial charge on any atom is -0.394 e. The first-order valence-electron chi connectivity index (χ1n) is 7.27. The van der Waals surface area contributed by atoms with Crippen LogP contribution in [-0.4, -0.2) is 31.8 Å². The fraction of sp³-hybridized carbons (Fsp3) is 0.235. The molecule has 0 radical (unpaired) electrons. The summed E-state index contributed by atoms with van der Waals surface area (Å²) in [5.41, 5.74) is 1.14. The summed E-state index contributed by atoms with van der Waals surface area (Å²) in [7, 11) is -3.26. The van der Waals surface area contributed by atoms with Gasteiger partial charge in [0.15, 0.2) is 9.84 Å². The summed E-state index contributed by atoms with van der Waals surface area (Å²) in [5, 5.41) is 12.3. The van der Waals surface area contributed by atoms with Gasteiger partial charge < -0.3 is 10.4 Å². The molecule has 2 aromatic rings. The highest BCUT2D eigenvalue weighted by Crippen LogP contribution is 2.18. The number of carbonyl (C=O) groups excluding carboxylic acids is 1. The molecule has 0 fully saturated rings. The third-order valence-corrected chi connectivity index (χ3v) is 5.30. The van der Waals surface area contributed by atoms with Crippen LogP contribution in [0.25, 0.3) is 0 Å². The Labute approximate surface area is 135 Å². The van der Waals surface area contributed by atoms with Crippen LogP contribution in [0.4, 0.5) is 0 Å². The van der Waals surface area contributed by atoms with E-state index >= 15 is 0 Å². The minimum atomic E-state index is -3.26. The molecule has 0 heterocycles. The molecule has 2 N–H and O–H groups in total. The van der Waals surface area contributed by atoms with E-state index in [1.54, 1.807) is 43.3 Å². The van der Waals surface area contributed by atoms with Gasteiger partial charge in [-0.1, -0.05) is 37.3 Å². The summed E-state index contributed by atoms with van der Waals surface area (Å²) in [6.07, 6.45) is 0. The maximum atomic E-state index is 12.1. The molecule has 0 spiro atoms. The molecule has 1 atom stereocenters. The number of rotatable bonds is 6. The first kappa shape index (κ1) is 17.2.